The molecule has 0 aliphatic heterocycles. The summed E-state index contributed by atoms with van der Waals surface area (Å²) in [5.74, 6) is 0. The highest BCUT2D eigenvalue weighted by Gasteiger charge is 2.16. The first kappa shape index (κ1) is 12.8. The molecular weight excluding hydrogens is 294 g/mol. The van der Waals surface area contributed by atoms with Crippen LogP contribution in [0.5, 0.6) is 0 Å². The normalized spacial score (nSPS) is 10.9. The summed E-state index contributed by atoms with van der Waals surface area (Å²) in [7, 11) is -3.73. The van der Waals surface area contributed by atoms with Crippen molar-refractivity contribution < 1.29 is 8.42 Å². The van der Waals surface area contributed by atoms with Crippen LogP contribution in [0.25, 0.3) is 0 Å². The Morgan fingerprint density at radius 3 is 2.78 bits per heavy atom. The minimum absolute atomic E-state index is 0.0123. The number of anilines is 1. The summed E-state index contributed by atoms with van der Waals surface area (Å²) in [6.45, 7) is 0. The Morgan fingerprint density at radius 1 is 1.44 bits per heavy atom. The summed E-state index contributed by atoms with van der Waals surface area (Å²) in [6, 6.07) is 5.77. The van der Waals surface area contributed by atoms with Gasteiger partial charge < -0.3 is 0 Å². The third-order valence-corrected chi connectivity index (χ3v) is 4.49. The SMILES string of the molecule is N#Cc1ccc(S(=O)(=O)Nc2nccs2)cc1Cl. The van der Waals surface area contributed by atoms with Crippen LogP contribution in [0.1, 0.15) is 5.56 Å². The van der Waals surface area contributed by atoms with E-state index in [-0.39, 0.29) is 20.6 Å². The van der Waals surface area contributed by atoms with E-state index in [1.54, 1.807) is 5.38 Å². The molecule has 1 N–H and O–H groups in total. The largest absolute Gasteiger partial charge is 0.263 e. The van der Waals surface area contributed by atoms with Gasteiger partial charge in [-0.3, -0.25) is 4.72 Å². The van der Waals surface area contributed by atoms with Crippen molar-refractivity contribution in [2.45, 2.75) is 4.90 Å². The first-order chi connectivity index (χ1) is 8.53. The molecule has 0 radical (unpaired) electrons. The van der Waals surface area contributed by atoms with E-state index in [2.05, 4.69) is 9.71 Å². The number of nitrogens with one attached hydrogen (secondary N) is 1. The molecule has 0 atom stereocenters. The topological polar surface area (TPSA) is 82.8 Å². The maximum Gasteiger partial charge on any atom is 0.263 e. The minimum Gasteiger partial charge on any atom is -0.255 e. The van der Waals surface area contributed by atoms with E-state index in [0.29, 0.717) is 0 Å². The zero-order chi connectivity index (χ0) is 13.2. The van der Waals surface area contributed by atoms with E-state index in [1.165, 1.54) is 35.7 Å². The van der Waals surface area contributed by atoms with Crippen molar-refractivity contribution in [1.29, 1.82) is 5.26 Å². The predicted octanol–water partition coefficient (Wildman–Crippen LogP) is 2.47. The summed E-state index contributed by atoms with van der Waals surface area (Å²) in [5, 5.41) is 10.7. The number of hydrogen-bond donors (Lipinski definition) is 1. The molecule has 2 aromatic rings. The van der Waals surface area contributed by atoms with Gasteiger partial charge in [0, 0.05) is 11.6 Å². The van der Waals surface area contributed by atoms with Gasteiger partial charge in [-0.25, -0.2) is 13.4 Å². The second-order valence-corrected chi connectivity index (χ2v) is 6.18. The summed E-state index contributed by atoms with van der Waals surface area (Å²) in [4.78, 5) is 3.81. The van der Waals surface area contributed by atoms with Crippen molar-refractivity contribution in [3.8, 4) is 6.07 Å². The van der Waals surface area contributed by atoms with Crippen molar-refractivity contribution in [1.82, 2.24) is 4.98 Å². The number of sulfonamides is 1. The second-order valence-electron chi connectivity index (χ2n) is 3.20. The average molecular weight is 300 g/mol. The summed E-state index contributed by atoms with van der Waals surface area (Å²) in [6.07, 6.45) is 1.49. The van der Waals surface area contributed by atoms with Crippen molar-refractivity contribution >= 4 is 38.1 Å². The fourth-order valence-electron chi connectivity index (χ4n) is 1.20. The van der Waals surface area contributed by atoms with E-state index in [1.807, 2.05) is 6.07 Å². The Hall–Kier alpha value is -1.62. The number of thiazole rings is 1. The molecule has 0 bridgehead atoms. The molecule has 92 valence electrons. The van der Waals surface area contributed by atoms with Crippen LogP contribution >= 0.6 is 22.9 Å². The monoisotopic (exact) mass is 299 g/mol. The van der Waals surface area contributed by atoms with Gasteiger partial charge in [0.2, 0.25) is 0 Å². The second kappa shape index (κ2) is 4.94. The molecular formula is C10H6ClN3O2S2. The molecule has 0 amide bonds. The van der Waals surface area contributed by atoms with Gasteiger partial charge in [0.25, 0.3) is 10.0 Å². The van der Waals surface area contributed by atoms with Crippen LogP contribution in [0.4, 0.5) is 5.13 Å². The molecule has 0 unspecified atom stereocenters. The van der Waals surface area contributed by atoms with E-state index in [9.17, 15) is 8.42 Å². The van der Waals surface area contributed by atoms with Gasteiger partial charge in [0.1, 0.15) is 6.07 Å². The molecule has 8 heteroatoms. The van der Waals surface area contributed by atoms with E-state index in [4.69, 9.17) is 16.9 Å². The Labute approximate surface area is 113 Å². The van der Waals surface area contributed by atoms with Gasteiger partial charge in [-0.05, 0) is 18.2 Å². The summed E-state index contributed by atoms with van der Waals surface area (Å²) >= 11 is 6.96. The number of rotatable bonds is 3. The summed E-state index contributed by atoms with van der Waals surface area (Å²) in [5.41, 5.74) is 0.227. The lowest BCUT2D eigenvalue weighted by atomic mass is 10.2. The van der Waals surface area contributed by atoms with Crippen molar-refractivity contribution in [2.24, 2.45) is 0 Å². The molecule has 0 fully saturated rings. The number of nitriles is 1. The van der Waals surface area contributed by atoms with E-state index in [0.717, 1.165) is 0 Å². The highest BCUT2D eigenvalue weighted by Crippen LogP contribution is 2.22. The summed E-state index contributed by atoms with van der Waals surface area (Å²) < 4.78 is 26.2. The third kappa shape index (κ3) is 2.61. The van der Waals surface area contributed by atoms with Gasteiger partial charge in [-0.15, -0.1) is 11.3 Å². The highest BCUT2D eigenvalue weighted by atomic mass is 35.5. The minimum atomic E-state index is -3.73. The first-order valence-electron chi connectivity index (χ1n) is 4.65. The predicted molar refractivity (Wildman–Crippen MR) is 69.1 cm³/mol. The van der Waals surface area contributed by atoms with E-state index < -0.39 is 10.0 Å². The fraction of sp³-hybridized carbons (Fsp3) is 0. The first-order valence-corrected chi connectivity index (χ1v) is 7.39. The molecule has 0 aliphatic rings. The van der Waals surface area contributed by atoms with Gasteiger partial charge in [0.05, 0.1) is 15.5 Å². The Balaban J connectivity index is 2.36. The molecule has 2 rings (SSSR count). The maximum atomic E-state index is 12.0. The fourth-order valence-corrected chi connectivity index (χ4v) is 3.30. The number of halogens is 1. The average Bonchev–Trinajstić information content (AvgIpc) is 2.81. The maximum absolute atomic E-state index is 12.0. The lowest BCUT2D eigenvalue weighted by Gasteiger charge is -2.05. The third-order valence-electron chi connectivity index (χ3n) is 2.03. The molecule has 0 saturated heterocycles. The van der Waals surface area contributed by atoms with Crippen molar-refractivity contribution in [3.63, 3.8) is 0 Å². The Bertz CT molecular complexity index is 705. The zero-order valence-corrected chi connectivity index (χ0v) is 11.2. The molecule has 1 aromatic heterocycles. The lowest BCUT2D eigenvalue weighted by molar-refractivity contribution is 0.601. The van der Waals surface area contributed by atoms with Gasteiger partial charge in [0.15, 0.2) is 5.13 Å². The smallest absolute Gasteiger partial charge is 0.255 e. The molecule has 18 heavy (non-hydrogen) atoms. The van der Waals surface area contributed by atoms with Crippen LogP contribution in [0.2, 0.25) is 5.02 Å². The number of hydrogen-bond acceptors (Lipinski definition) is 5. The van der Waals surface area contributed by atoms with Gasteiger partial charge >= 0.3 is 0 Å². The van der Waals surface area contributed by atoms with Crippen LogP contribution in [-0.2, 0) is 10.0 Å². The standard InChI is InChI=1S/C10H6ClN3O2S2/c11-9-5-8(2-1-7(9)6-12)18(15,16)14-10-13-3-4-17-10/h1-5H,(H,13,14). The molecule has 1 aromatic carbocycles. The van der Waals surface area contributed by atoms with Gasteiger partial charge in [-0.1, -0.05) is 11.6 Å². The number of benzene rings is 1. The molecule has 1 heterocycles. The molecule has 0 spiro atoms. The Morgan fingerprint density at radius 2 is 2.22 bits per heavy atom. The van der Waals surface area contributed by atoms with Gasteiger partial charge in [-0.2, -0.15) is 5.26 Å². The van der Waals surface area contributed by atoms with Crippen LogP contribution < -0.4 is 4.72 Å². The van der Waals surface area contributed by atoms with Crippen LogP contribution in [0.15, 0.2) is 34.7 Å². The van der Waals surface area contributed by atoms with Crippen molar-refractivity contribution in [3.05, 3.63) is 40.4 Å². The lowest BCUT2D eigenvalue weighted by Crippen LogP contribution is -2.12. The zero-order valence-electron chi connectivity index (χ0n) is 8.79. The van der Waals surface area contributed by atoms with E-state index >= 15 is 0 Å². The van der Waals surface area contributed by atoms with Crippen molar-refractivity contribution in [2.75, 3.05) is 4.72 Å². The highest BCUT2D eigenvalue weighted by molar-refractivity contribution is 7.93. The molecule has 5 nitrogen and oxygen atoms in total. The molecule has 0 saturated carbocycles. The van der Waals surface area contributed by atoms with Crippen LogP contribution in [0, 0.1) is 11.3 Å². The quantitative estimate of drug-likeness (QED) is 0.943. The molecule has 0 aliphatic carbocycles. The van der Waals surface area contributed by atoms with Crippen LogP contribution in [0.3, 0.4) is 0 Å². The number of nitrogens with zero attached hydrogens (tertiary/aromatic N) is 2. The number of aromatic nitrogens is 1. The van der Waals surface area contributed by atoms with Crippen LogP contribution in [-0.4, -0.2) is 13.4 Å². The Kier molecular flexibility index (Phi) is 3.52.